The highest BCUT2D eigenvalue weighted by Crippen LogP contribution is 2.31. The monoisotopic (exact) mass is 383 g/mol. The summed E-state index contributed by atoms with van der Waals surface area (Å²) in [7, 11) is 4.80. The third-order valence-electron chi connectivity index (χ3n) is 4.14. The van der Waals surface area contributed by atoms with Gasteiger partial charge < -0.3 is 19.4 Å². The molecule has 2 aromatic rings. The maximum absolute atomic E-state index is 13.2. The average molecular weight is 383 g/mol. The SMILES string of the molecule is COc1cncc(N2CCN(c3nc(N(C)C)cc(C(F)(F)F)n3)CC2)n1. The van der Waals surface area contributed by atoms with Crippen molar-refractivity contribution in [2.24, 2.45) is 0 Å². The molecule has 3 rings (SSSR count). The van der Waals surface area contributed by atoms with E-state index in [2.05, 4.69) is 19.9 Å². The van der Waals surface area contributed by atoms with Gasteiger partial charge in [0.05, 0.1) is 19.5 Å². The number of hydrogen-bond donors (Lipinski definition) is 0. The summed E-state index contributed by atoms with van der Waals surface area (Å²) in [6.07, 6.45) is -1.39. The van der Waals surface area contributed by atoms with Gasteiger partial charge in [-0.1, -0.05) is 0 Å². The van der Waals surface area contributed by atoms with Crippen LogP contribution in [-0.4, -0.2) is 67.3 Å². The van der Waals surface area contributed by atoms with Crippen LogP contribution in [0.25, 0.3) is 0 Å². The van der Waals surface area contributed by atoms with Crippen LogP contribution in [0.3, 0.4) is 0 Å². The Kier molecular flexibility index (Phi) is 5.19. The van der Waals surface area contributed by atoms with Crippen LogP contribution in [0.5, 0.6) is 5.88 Å². The quantitative estimate of drug-likeness (QED) is 0.790. The highest BCUT2D eigenvalue weighted by molar-refractivity contribution is 5.47. The predicted molar refractivity (Wildman–Crippen MR) is 94.4 cm³/mol. The van der Waals surface area contributed by atoms with Crippen LogP contribution in [0.2, 0.25) is 0 Å². The van der Waals surface area contributed by atoms with Crippen molar-refractivity contribution >= 4 is 17.6 Å². The molecule has 0 spiro atoms. The first-order valence-corrected chi connectivity index (χ1v) is 8.27. The van der Waals surface area contributed by atoms with Crippen LogP contribution in [0, 0.1) is 0 Å². The number of halogens is 3. The first-order valence-electron chi connectivity index (χ1n) is 8.27. The van der Waals surface area contributed by atoms with Gasteiger partial charge in [0, 0.05) is 46.3 Å². The molecule has 0 unspecified atom stereocenters. The van der Waals surface area contributed by atoms with Crippen LogP contribution in [0.1, 0.15) is 5.69 Å². The van der Waals surface area contributed by atoms with Gasteiger partial charge in [0.1, 0.15) is 5.82 Å². The lowest BCUT2D eigenvalue weighted by Crippen LogP contribution is -2.47. The van der Waals surface area contributed by atoms with Crippen molar-refractivity contribution in [2.45, 2.75) is 6.18 Å². The maximum Gasteiger partial charge on any atom is 0.433 e. The molecule has 1 aliphatic rings. The van der Waals surface area contributed by atoms with E-state index in [1.54, 1.807) is 25.2 Å². The number of methoxy groups -OCH3 is 1. The van der Waals surface area contributed by atoms with Crippen molar-refractivity contribution in [1.82, 2.24) is 19.9 Å². The molecule has 146 valence electrons. The van der Waals surface area contributed by atoms with Crippen LogP contribution < -0.4 is 19.4 Å². The second-order valence-electron chi connectivity index (χ2n) is 6.20. The fourth-order valence-corrected chi connectivity index (χ4v) is 2.66. The zero-order chi connectivity index (χ0) is 19.6. The Morgan fingerprint density at radius 1 is 1.00 bits per heavy atom. The molecule has 0 aromatic carbocycles. The minimum atomic E-state index is -4.53. The van der Waals surface area contributed by atoms with E-state index in [4.69, 9.17) is 4.74 Å². The predicted octanol–water partition coefficient (Wildman–Crippen LogP) is 1.69. The normalized spacial score (nSPS) is 15.0. The third kappa shape index (κ3) is 4.29. The molecule has 8 nitrogen and oxygen atoms in total. The summed E-state index contributed by atoms with van der Waals surface area (Å²) in [5, 5.41) is 0. The molecule has 2 aromatic heterocycles. The van der Waals surface area contributed by atoms with E-state index in [0.717, 1.165) is 6.07 Å². The number of hydrogen-bond acceptors (Lipinski definition) is 8. The molecule has 11 heteroatoms. The Morgan fingerprint density at radius 3 is 2.26 bits per heavy atom. The van der Waals surface area contributed by atoms with E-state index in [0.29, 0.717) is 37.9 Å². The lowest BCUT2D eigenvalue weighted by Gasteiger charge is -2.35. The molecule has 3 heterocycles. The summed E-state index contributed by atoms with van der Waals surface area (Å²) in [5.74, 6) is 1.36. The van der Waals surface area contributed by atoms with E-state index in [-0.39, 0.29) is 11.8 Å². The van der Waals surface area contributed by atoms with Crippen molar-refractivity contribution in [3.63, 3.8) is 0 Å². The molecule has 0 amide bonds. The molecule has 27 heavy (non-hydrogen) atoms. The van der Waals surface area contributed by atoms with Crippen LogP contribution in [-0.2, 0) is 6.18 Å². The van der Waals surface area contributed by atoms with E-state index >= 15 is 0 Å². The summed E-state index contributed by atoms with van der Waals surface area (Å²) in [6, 6.07) is 0.950. The number of ether oxygens (including phenoxy) is 1. The Balaban J connectivity index is 1.78. The number of nitrogens with zero attached hydrogens (tertiary/aromatic N) is 7. The first-order chi connectivity index (χ1) is 12.8. The van der Waals surface area contributed by atoms with Gasteiger partial charge >= 0.3 is 6.18 Å². The summed E-state index contributed by atoms with van der Waals surface area (Å²) in [4.78, 5) is 21.7. The van der Waals surface area contributed by atoms with Crippen LogP contribution in [0.4, 0.5) is 30.8 Å². The Morgan fingerprint density at radius 2 is 1.67 bits per heavy atom. The lowest BCUT2D eigenvalue weighted by atomic mass is 10.3. The molecule has 0 bridgehead atoms. The summed E-state index contributed by atoms with van der Waals surface area (Å²) >= 11 is 0. The summed E-state index contributed by atoms with van der Waals surface area (Å²) in [6.45, 7) is 2.04. The van der Waals surface area contributed by atoms with Gasteiger partial charge in [-0.2, -0.15) is 23.1 Å². The number of rotatable bonds is 4. The molecule has 0 atom stereocenters. The van der Waals surface area contributed by atoms with Crippen LogP contribution >= 0.6 is 0 Å². The highest BCUT2D eigenvalue weighted by atomic mass is 19.4. The minimum absolute atomic E-state index is 0.0740. The molecule has 1 aliphatic heterocycles. The first kappa shape index (κ1) is 18.9. The largest absolute Gasteiger partial charge is 0.480 e. The number of anilines is 3. The lowest BCUT2D eigenvalue weighted by molar-refractivity contribution is -0.141. The fourth-order valence-electron chi connectivity index (χ4n) is 2.66. The second kappa shape index (κ2) is 7.41. The van der Waals surface area contributed by atoms with Gasteiger partial charge in [0.2, 0.25) is 11.8 Å². The molecule has 0 radical (unpaired) electrons. The van der Waals surface area contributed by atoms with Crippen molar-refractivity contribution in [3.8, 4) is 5.88 Å². The number of piperazine rings is 1. The molecular weight excluding hydrogens is 363 g/mol. The highest BCUT2D eigenvalue weighted by Gasteiger charge is 2.35. The fraction of sp³-hybridized carbons (Fsp3) is 0.500. The topological polar surface area (TPSA) is 70.5 Å². The van der Waals surface area contributed by atoms with Gasteiger partial charge in [-0.05, 0) is 0 Å². The van der Waals surface area contributed by atoms with Crippen molar-refractivity contribution in [1.29, 1.82) is 0 Å². The number of aromatic nitrogens is 4. The summed E-state index contributed by atoms with van der Waals surface area (Å²) in [5.41, 5.74) is -0.947. The zero-order valence-electron chi connectivity index (χ0n) is 15.2. The standard InChI is InChI=1S/C16H20F3N7O/c1-24(2)12-8-11(16(17,18)19)21-15(23-12)26-6-4-25(5-7-26)13-9-20-10-14(22-13)27-3/h8-10H,4-7H2,1-3H3. The van der Waals surface area contributed by atoms with E-state index in [1.165, 1.54) is 18.2 Å². The van der Waals surface area contributed by atoms with Gasteiger partial charge in [0.25, 0.3) is 0 Å². The number of alkyl halides is 3. The van der Waals surface area contributed by atoms with Gasteiger partial charge in [-0.25, -0.2) is 4.98 Å². The van der Waals surface area contributed by atoms with E-state index < -0.39 is 11.9 Å². The van der Waals surface area contributed by atoms with Crippen molar-refractivity contribution in [2.75, 3.05) is 62.1 Å². The molecule has 0 aliphatic carbocycles. The minimum Gasteiger partial charge on any atom is -0.480 e. The van der Waals surface area contributed by atoms with Gasteiger partial charge in [-0.3, -0.25) is 4.98 Å². The van der Waals surface area contributed by atoms with E-state index in [1.807, 2.05) is 4.90 Å². The molecular formula is C16H20F3N7O. The van der Waals surface area contributed by atoms with Crippen molar-refractivity contribution in [3.05, 3.63) is 24.2 Å². The Bertz CT molecular complexity index is 792. The molecule has 0 N–H and O–H groups in total. The average Bonchev–Trinajstić information content (AvgIpc) is 2.67. The Labute approximate surface area is 154 Å². The molecule has 0 saturated carbocycles. The second-order valence-corrected chi connectivity index (χ2v) is 6.20. The molecule has 1 saturated heterocycles. The van der Waals surface area contributed by atoms with Crippen LogP contribution in [0.15, 0.2) is 18.5 Å². The molecule has 1 fully saturated rings. The van der Waals surface area contributed by atoms with E-state index in [9.17, 15) is 13.2 Å². The van der Waals surface area contributed by atoms with Crippen molar-refractivity contribution < 1.29 is 17.9 Å². The zero-order valence-corrected chi connectivity index (χ0v) is 15.2. The maximum atomic E-state index is 13.2. The van der Waals surface area contributed by atoms with Gasteiger partial charge in [-0.15, -0.1) is 0 Å². The Hall–Kier alpha value is -2.85. The van der Waals surface area contributed by atoms with Gasteiger partial charge in [0.15, 0.2) is 11.5 Å². The third-order valence-corrected chi connectivity index (χ3v) is 4.14. The smallest absolute Gasteiger partial charge is 0.433 e. The summed E-state index contributed by atoms with van der Waals surface area (Å²) < 4.78 is 44.6.